The van der Waals surface area contributed by atoms with Crippen molar-refractivity contribution in [3.8, 4) is 5.75 Å². The zero-order valence-electron chi connectivity index (χ0n) is 9.60. The molecule has 0 aliphatic rings. The molecule has 0 aliphatic heterocycles. The molecule has 1 rings (SSSR count). The maximum absolute atomic E-state index is 5.30. The largest absolute Gasteiger partial charge is 0.496 e. The Kier molecular flexibility index (Phi) is 3.53. The number of hydrogen-bond donors (Lipinski definition) is 0. The zero-order valence-corrected chi connectivity index (χ0v) is 9.60. The van der Waals surface area contributed by atoms with Crippen molar-refractivity contribution in [2.45, 2.75) is 27.4 Å². The van der Waals surface area contributed by atoms with Crippen molar-refractivity contribution in [2.75, 3.05) is 14.2 Å². The van der Waals surface area contributed by atoms with Crippen molar-refractivity contribution in [3.63, 3.8) is 0 Å². The Labute approximate surface area is 85.8 Å². The molecule has 1 aromatic rings. The van der Waals surface area contributed by atoms with Gasteiger partial charge in [-0.2, -0.15) is 0 Å². The summed E-state index contributed by atoms with van der Waals surface area (Å²) in [5, 5.41) is 0. The molecule has 0 heterocycles. The van der Waals surface area contributed by atoms with E-state index in [1.807, 2.05) is 0 Å². The fraction of sp³-hybridized carbons (Fsp3) is 0.500. The second-order valence-electron chi connectivity index (χ2n) is 3.56. The van der Waals surface area contributed by atoms with E-state index in [0.29, 0.717) is 6.61 Å². The summed E-state index contributed by atoms with van der Waals surface area (Å²) >= 11 is 0. The third-order valence-corrected chi connectivity index (χ3v) is 2.72. The lowest BCUT2D eigenvalue weighted by Crippen LogP contribution is -2.00. The summed E-state index contributed by atoms with van der Waals surface area (Å²) in [5.41, 5.74) is 4.96. The highest BCUT2D eigenvalue weighted by atomic mass is 16.5. The topological polar surface area (TPSA) is 18.5 Å². The van der Waals surface area contributed by atoms with Gasteiger partial charge in [-0.25, -0.2) is 0 Å². The average molecular weight is 194 g/mol. The number of methoxy groups -OCH3 is 2. The number of ether oxygens (including phenoxy) is 2. The molecule has 0 unspecified atom stereocenters. The number of rotatable bonds is 3. The quantitative estimate of drug-likeness (QED) is 0.736. The molecule has 0 aliphatic carbocycles. The Morgan fingerprint density at radius 3 is 2.21 bits per heavy atom. The first-order valence-corrected chi connectivity index (χ1v) is 4.74. The predicted octanol–water partition coefficient (Wildman–Crippen LogP) is 2.77. The Hall–Kier alpha value is -1.02. The summed E-state index contributed by atoms with van der Waals surface area (Å²) in [7, 11) is 3.43. The molecule has 1 aromatic carbocycles. The molecule has 78 valence electrons. The normalized spacial score (nSPS) is 10.4. The van der Waals surface area contributed by atoms with Crippen molar-refractivity contribution < 1.29 is 9.47 Å². The van der Waals surface area contributed by atoms with Gasteiger partial charge in [0.2, 0.25) is 0 Å². The third-order valence-electron chi connectivity index (χ3n) is 2.72. The third kappa shape index (κ3) is 1.90. The molecule has 0 bridgehead atoms. The van der Waals surface area contributed by atoms with E-state index >= 15 is 0 Å². The second-order valence-corrected chi connectivity index (χ2v) is 3.56. The lowest BCUT2D eigenvalue weighted by molar-refractivity contribution is 0.183. The first-order valence-electron chi connectivity index (χ1n) is 4.74. The van der Waals surface area contributed by atoms with Crippen LogP contribution in [0.3, 0.4) is 0 Å². The highest BCUT2D eigenvalue weighted by molar-refractivity contribution is 5.47. The van der Waals surface area contributed by atoms with E-state index in [9.17, 15) is 0 Å². The minimum absolute atomic E-state index is 0.669. The van der Waals surface area contributed by atoms with Crippen LogP contribution in [0.25, 0.3) is 0 Å². The second kappa shape index (κ2) is 4.47. The summed E-state index contributed by atoms with van der Waals surface area (Å²) in [5.74, 6) is 0.958. The Morgan fingerprint density at radius 1 is 1.07 bits per heavy atom. The van der Waals surface area contributed by atoms with E-state index in [4.69, 9.17) is 9.47 Å². The minimum Gasteiger partial charge on any atom is -0.496 e. The molecule has 14 heavy (non-hydrogen) atoms. The van der Waals surface area contributed by atoms with Gasteiger partial charge in [0.15, 0.2) is 0 Å². The summed E-state index contributed by atoms with van der Waals surface area (Å²) in [6, 6.07) is 2.07. The summed E-state index contributed by atoms with van der Waals surface area (Å²) in [4.78, 5) is 0. The average Bonchev–Trinajstić information content (AvgIpc) is 2.18. The molecule has 0 N–H and O–H groups in total. The summed E-state index contributed by atoms with van der Waals surface area (Å²) < 4.78 is 10.5. The molecule has 0 spiro atoms. The van der Waals surface area contributed by atoms with Crippen LogP contribution < -0.4 is 4.74 Å². The number of hydrogen-bond acceptors (Lipinski definition) is 2. The zero-order chi connectivity index (χ0) is 10.7. The fourth-order valence-electron chi connectivity index (χ4n) is 1.68. The first-order chi connectivity index (χ1) is 6.61. The lowest BCUT2D eigenvalue weighted by Gasteiger charge is -2.15. The van der Waals surface area contributed by atoms with Gasteiger partial charge >= 0.3 is 0 Å². The highest BCUT2D eigenvalue weighted by Gasteiger charge is 2.09. The first kappa shape index (κ1) is 11.1. The van der Waals surface area contributed by atoms with Gasteiger partial charge in [-0.1, -0.05) is 0 Å². The molecule has 0 saturated carbocycles. The van der Waals surface area contributed by atoms with Crippen molar-refractivity contribution in [1.29, 1.82) is 0 Å². The SMILES string of the molecule is COCc1c(C)cc(OC)c(C)c1C. The van der Waals surface area contributed by atoms with Crippen molar-refractivity contribution in [2.24, 2.45) is 0 Å². The highest BCUT2D eigenvalue weighted by Crippen LogP contribution is 2.27. The molecule has 0 radical (unpaired) electrons. The maximum atomic E-state index is 5.30. The van der Waals surface area contributed by atoms with E-state index < -0.39 is 0 Å². The van der Waals surface area contributed by atoms with Crippen LogP contribution in [0.15, 0.2) is 6.07 Å². The molecule has 2 heteroatoms. The molecule has 0 atom stereocenters. The maximum Gasteiger partial charge on any atom is 0.122 e. The minimum atomic E-state index is 0.669. The van der Waals surface area contributed by atoms with Crippen LogP contribution in [0.5, 0.6) is 5.75 Å². The van der Waals surface area contributed by atoms with E-state index in [-0.39, 0.29) is 0 Å². The Balaban J connectivity index is 3.26. The van der Waals surface area contributed by atoms with Crippen molar-refractivity contribution >= 4 is 0 Å². The molecular weight excluding hydrogens is 176 g/mol. The van der Waals surface area contributed by atoms with Crippen molar-refractivity contribution in [3.05, 3.63) is 28.3 Å². The summed E-state index contributed by atoms with van der Waals surface area (Å²) in [6.45, 7) is 6.94. The smallest absolute Gasteiger partial charge is 0.122 e. The Morgan fingerprint density at radius 2 is 1.71 bits per heavy atom. The van der Waals surface area contributed by atoms with Gasteiger partial charge in [-0.15, -0.1) is 0 Å². The monoisotopic (exact) mass is 194 g/mol. The molecular formula is C12H18O2. The van der Waals surface area contributed by atoms with Crippen LogP contribution in [-0.2, 0) is 11.3 Å². The van der Waals surface area contributed by atoms with E-state index in [2.05, 4.69) is 26.8 Å². The molecule has 0 amide bonds. The fourth-order valence-corrected chi connectivity index (χ4v) is 1.68. The van der Waals surface area contributed by atoms with Crippen LogP contribution in [0.1, 0.15) is 22.3 Å². The molecule has 0 fully saturated rings. The van der Waals surface area contributed by atoms with Crippen LogP contribution in [0, 0.1) is 20.8 Å². The van der Waals surface area contributed by atoms with Gasteiger partial charge in [0.05, 0.1) is 13.7 Å². The Bertz CT molecular complexity index is 330. The van der Waals surface area contributed by atoms with E-state index in [1.165, 1.54) is 22.3 Å². The van der Waals surface area contributed by atoms with E-state index in [0.717, 1.165) is 5.75 Å². The molecule has 2 nitrogen and oxygen atoms in total. The van der Waals surface area contributed by atoms with Gasteiger partial charge in [0, 0.05) is 7.11 Å². The van der Waals surface area contributed by atoms with Gasteiger partial charge in [0.25, 0.3) is 0 Å². The standard InChI is InChI=1S/C12H18O2/c1-8-6-12(14-5)10(3)9(2)11(8)7-13-4/h6H,7H2,1-5H3. The number of benzene rings is 1. The lowest BCUT2D eigenvalue weighted by atomic mass is 9.98. The van der Waals surface area contributed by atoms with E-state index in [1.54, 1.807) is 14.2 Å². The molecule has 0 aromatic heterocycles. The van der Waals surface area contributed by atoms with Gasteiger partial charge in [-0.05, 0) is 49.1 Å². The van der Waals surface area contributed by atoms with Gasteiger partial charge in [0.1, 0.15) is 5.75 Å². The van der Waals surface area contributed by atoms with Crippen LogP contribution in [0.4, 0.5) is 0 Å². The predicted molar refractivity (Wildman–Crippen MR) is 57.9 cm³/mol. The summed E-state index contributed by atoms with van der Waals surface area (Å²) in [6.07, 6.45) is 0. The van der Waals surface area contributed by atoms with Crippen LogP contribution >= 0.6 is 0 Å². The molecule has 0 saturated heterocycles. The van der Waals surface area contributed by atoms with Gasteiger partial charge < -0.3 is 9.47 Å². The number of aryl methyl sites for hydroxylation is 1. The van der Waals surface area contributed by atoms with Crippen LogP contribution in [-0.4, -0.2) is 14.2 Å². The van der Waals surface area contributed by atoms with Crippen molar-refractivity contribution in [1.82, 2.24) is 0 Å². The van der Waals surface area contributed by atoms with Gasteiger partial charge in [-0.3, -0.25) is 0 Å². The van der Waals surface area contributed by atoms with Crippen LogP contribution in [0.2, 0.25) is 0 Å².